The van der Waals surface area contributed by atoms with Crippen LogP contribution in [0.15, 0.2) is 0 Å². The molecular formula is C5H6Cl3N2O3. The SMILES string of the molecule is [NH]C(=O)CCNC(=O)OC(Cl)(Cl)Cl. The van der Waals surface area contributed by atoms with Gasteiger partial charge in [-0.05, 0) is 34.8 Å². The average Bonchev–Trinajstić information content (AvgIpc) is 1.81. The summed E-state index contributed by atoms with van der Waals surface area (Å²) in [5, 5.41) is 2.12. The summed E-state index contributed by atoms with van der Waals surface area (Å²) < 4.78 is 2.08. The molecule has 75 valence electrons. The topological polar surface area (TPSA) is 79.2 Å². The molecular weight excluding hydrogens is 242 g/mol. The maximum atomic E-state index is 10.7. The molecule has 0 fully saturated rings. The fourth-order valence-corrected chi connectivity index (χ4v) is 0.630. The van der Waals surface area contributed by atoms with Crippen LogP contribution in [-0.4, -0.2) is 22.5 Å². The van der Waals surface area contributed by atoms with Gasteiger partial charge in [0.05, 0.1) is 0 Å². The Morgan fingerprint density at radius 2 is 1.92 bits per heavy atom. The van der Waals surface area contributed by atoms with Gasteiger partial charge >= 0.3 is 10.1 Å². The lowest BCUT2D eigenvalue weighted by atomic mass is 10.4. The number of ether oxygens (including phenoxy) is 1. The largest absolute Gasteiger partial charge is 0.410 e. The summed E-state index contributed by atoms with van der Waals surface area (Å²) >= 11 is 15.3. The maximum Gasteiger partial charge on any atom is 0.410 e. The van der Waals surface area contributed by atoms with E-state index in [9.17, 15) is 9.59 Å². The predicted molar refractivity (Wildman–Crippen MR) is 47.5 cm³/mol. The van der Waals surface area contributed by atoms with Crippen molar-refractivity contribution in [1.82, 2.24) is 11.1 Å². The minimum absolute atomic E-state index is 0.0259. The lowest BCUT2D eigenvalue weighted by Gasteiger charge is -2.11. The third kappa shape index (κ3) is 9.52. The molecule has 0 unspecified atom stereocenters. The standard InChI is InChI=1S/C5H6Cl3N2O3/c6-5(7,8)13-4(12)10-2-1-3(9)11/h9H,1-2H2,(H,10,12). The monoisotopic (exact) mass is 247 g/mol. The number of halogens is 3. The molecule has 0 aliphatic rings. The van der Waals surface area contributed by atoms with Crippen LogP contribution in [0.3, 0.4) is 0 Å². The molecule has 0 aliphatic heterocycles. The van der Waals surface area contributed by atoms with Gasteiger partial charge in [0.1, 0.15) is 0 Å². The first-order valence-corrected chi connectivity index (χ1v) is 4.22. The molecule has 5 nitrogen and oxygen atoms in total. The highest BCUT2D eigenvalue weighted by Gasteiger charge is 2.24. The quantitative estimate of drug-likeness (QED) is 0.763. The summed E-state index contributed by atoms with van der Waals surface area (Å²) in [4.78, 5) is 20.8. The zero-order valence-electron chi connectivity index (χ0n) is 6.27. The first kappa shape index (κ1) is 12.6. The fraction of sp³-hybridized carbons (Fsp3) is 0.600. The molecule has 0 saturated carbocycles. The predicted octanol–water partition coefficient (Wildman–Crippen LogP) is 1.24. The number of alkyl carbamates (subject to hydrolysis) is 1. The first-order chi connectivity index (χ1) is 5.81. The molecule has 0 aromatic heterocycles. The number of carbonyl (C=O) groups excluding carboxylic acids is 2. The van der Waals surface area contributed by atoms with Gasteiger partial charge in [0, 0.05) is 13.0 Å². The molecule has 0 saturated heterocycles. The lowest BCUT2D eigenvalue weighted by Crippen LogP contribution is -2.30. The third-order valence-electron chi connectivity index (χ3n) is 0.830. The Morgan fingerprint density at radius 3 is 2.31 bits per heavy atom. The zero-order chi connectivity index (χ0) is 10.5. The number of nitrogens with one attached hydrogen (secondary N) is 2. The van der Waals surface area contributed by atoms with E-state index in [1.54, 1.807) is 0 Å². The molecule has 0 spiro atoms. The molecule has 1 radical (unpaired) electrons. The van der Waals surface area contributed by atoms with Crippen molar-refractivity contribution in [2.45, 2.75) is 10.4 Å². The Balaban J connectivity index is 3.59. The Bertz CT molecular complexity index is 204. The van der Waals surface area contributed by atoms with Gasteiger partial charge in [0.2, 0.25) is 5.91 Å². The van der Waals surface area contributed by atoms with E-state index < -0.39 is 16.0 Å². The summed E-state index contributed by atoms with van der Waals surface area (Å²) in [7, 11) is 0. The minimum atomic E-state index is -2.12. The van der Waals surface area contributed by atoms with Crippen LogP contribution in [0.1, 0.15) is 6.42 Å². The van der Waals surface area contributed by atoms with Gasteiger partial charge in [-0.1, -0.05) is 0 Å². The highest BCUT2D eigenvalue weighted by molar-refractivity contribution is 6.66. The molecule has 8 heteroatoms. The number of amides is 2. The van der Waals surface area contributed by atoms with Crippen molar-refractivity contribution in [2.75, 3.05) is 6.54 Å². The summed E-state index contributed by atoms with van der Waals surface area (Å²) in [5.74, 6) is -0.797. The molecule has 0 atom stereocenters. The summed E-state index contributed by atoms with van der Waals surface area (Å²) in [6.45, 7) is -0.0259. The van der Waals surface area contributed by atoms with Crippen molar-refractivity contribution in [3.63, 3.8) is 0 Å². The molecule has 13 heavy (non-hydrogen) atoms. The second-order valence-electron chi connectivity index (χ2n) is 1.94. The van der Waals surface area contributed by atoms with E-state index in [2.05, 4.69) is 10.1 Å². The van der Waals surface area contributed by atoms with E-state index in [4.69, 9.17) is 40.5 Å². The number of carbonyl (C=O) groups is 2. The van der Waals surface area contributed by atoms with Gasteiger partial charge < -0.3 is 10.1 Å². The van der Waals surface area contributed by atoms with Gasteiger partial charge in [-0.3, -0.25) is 10.5 Å². The molecule has 0 rings (SSSR count). The van der Waals surface area contributed by atoms with Gasteiger partial charge in [0.25, 0.3) is 0 Å². The van der Waals surface area contributed by atoms with Crippen molar-refractivity contribution in [3.05, 3.63) is 0 Å². The normalized spacial score (nSPS) is 10.7. The highest BCUT2D eigenvalue weighted by Crippen LogP contribution is 2.27. The number of alkyl halides is 3. The number of hydrogen-bond donors (Lipinski definition) is 1. The van der Waals surface area contributed by atoms with E-state index in [0.717, 1.165) is 0 Å². The van der Waals surface area contributed by atoms with Crippen molar-refractivity contribution >= 4 is 46.8 Å². The van der Waals surface area contributed by atoms with Crippen LogP contribution in [0.2, 0.25) is 0 Å². The van der Waals surface area contributed by atoms with Crippen LogP contribution < -0.4 is 11.1 Å². The van der Waals surface area contributed by atoms with Crippen molar-refractivity contribution in [3.8, 4) is 0 Å². The fourth-order valence-electron chi connectivity index (χ4n) is 0.419. The maximum absolute atomic E-state index is 10.7. The van der Waals surface area contributed by atoms with E-state index >= 15 is 0 Å². The van der Waals surface area contributed by atoms with Crippen LogP contribution >= 0.6 is 34.8 Å². The van der Waals surface area contributed by atoms with Crippen LogP contribution in [-0.2, 0) is 9.53 Å². The van der Waals surface area contributed by atoms with E-state index in [0.29, 0.717) is 0 Å². The Kier molecular flexibility index (Phi) is 5.20. The van der Waals surface area contributed by atoms with Gasteiger partial charge in [-0.25, -0.2) is 4.79 Å². The molecule has 0 aromatic rings. The van der Waals surface area contributed by atoms with Gasteiger partial charge in [0.15, 0.2) is 0 Å². The molecule has 0 aromatic carbocycles. The van der Waals surface area contributed by atoms with Crippen LogP contribution in [0, 0.1) is 0 Å². The average molecular weight is 248 g/mol. The van der Waals surface area contributed by atoms with Crippen molar-refractivity contribution in [2.24, 2.45) is 0 Å². The van der Waals surface area contributed by atoms with Crippen LogP contribution in [0.5, 0.6) is 0 Å². The second-order valence-corrected chi connectivity index (χ2v) is 4.11. The number of hydrogen-bond acceptors (Lipinski definition) is 3. The molecule has 2 N–H and O–H groups in total. The molecule has 0 bridgehead atoms. The van der Waals surface area contributed by atoms with Crippen LogP contribution in [0.25, 0.3) is 0 Å². The summed E-state index contributed by atoms with van der Waals surface area (Å²) in [5.41, 5.74) is 6.49. The smallest absolute Gasteiger partial charge is 0.398 e. The highest BCUT2D eigenvalue weighted by atomic mass is 35.6. The third-order valence-corrected chi connectivity index (χ3v) is 1.06. The Morgan fingerprint density at radius 1 is 1.38 bits per heavy atom. The number of rotatable bonds is 3. The Hall–Kier alpha value is -0.390. The van der Waals surface area contributed by atoms with Crippen molar-refractivity contribution in [1.29, 1.82) is 0 Å². The first-order valence-electron chi connectivity index (χ1n) is 3.09. The minimum Gasteiger partial charge on any atom is -0.398 e. The van der Waals surface area contributed by atoms with Gasteiger partial charge in [-0.15, -0.1) is 0 Å². The van der Waals surface area contributed by atoms with E-state index in [-0.39, 0.29) is 13.0 Å². The Labute approximate surface area is 89.4 Å². The molecule has 0 aliphatic carbocycles. The molecule has 0 heterocycles. The zero-order valence-corrected chi connectivity index (χ0v) is 8.54. The van der Waals surface area contributed by atoms with Crippen LogP contribution in [0.4, 0.5) is 4.79 Å². The molecule has 2 amide bonds. The summed E-state index contributed by atoms with van der Waals surface area (Å²) in [6, 6.07) is 0. The van der Waals surface area contributed by atoms with Gasteiger partial charge in [-0.2, -0.15) is 0 Å². The lowest BCUT2D eigenvalue weighted by molar-refractivity contribution is -0.118. The summed E-state index contributed by atoms with van der Waals surface area (Å²) in [6.07, 6.45) is -1.07. The van der Waals surface area contributed by atoms with E-state index in [1.165, 1.54) is 0 Å². The second kappa shape index (κ2) is 5.36. The van der Waals surface area contributed by atoms with E-state index in [1.807, 2.05) is 0 Å². The van der Waals surface area contributed by atoms with Crippen molar-refractivity contribution < 1.29 is 14.3 Å².